The molecule has 0 saturated heterocycles. The molecule has 6 heteroatoms. The number of benzene rings is 2. The normalized spacial score (nSPS) is 11.6. The molecule has 0 aliphatic carbocycles. The number of para-hydroxylation sites is 1. The minimum absolute atomic E-state index is 0.0548. The molecule has 0 saturated carbocycles. The SMILES string of the molecule is CCCNC(=O)[C@H](C)N(Cc1cccc(Br)c1)C(=O)CCCOc1ccccc1. The lowest BCUT2D eigenvalue weighted by Crippen LogP contribution is -2.47. The molecule has 0 bridgehead atoms. The number of rotatable bonds is 11. The van der Waals surface area contributed by atoms with Crippen LogP contribution in [-0.4, -0.2) is 35.9 Å². The van der Waals surface area contributed by atoms with E-state index < -0.39 is 6.04 Å². The number of amides is 2. The first-order valence-corrected chi connectivity index (χ1v) is 10.8. The zero-order valence-electron chi connectivity index (χ0n) is 17.1. The Kier molecular flexibility index (Phi) is 9.71. The molecule has 0 radical (unpaired) electrons. The van der Waals surface area contributed by atoms with E-state index in [1.807, 2.05) is 61.5 Å². The van der Waals surface area contributed by atoms with Crippen molar-refractivity contribution in [3.63, 3.8) is 0 Å². The Labute approximate surface area is 181 Å². The summed E-state index contributed by atoms with van der Waals surface area (Å²) in [6, 6.07) is 16.8. The van der Waals surface area contributed by atoms with Gasteiger partial charge in [0.25, 0.3) is 0 Å². The van der Waals surface area contributed by atoms with Crippen LogP contribution in [0.25, 0.3) is 0 Å². The van der Waals surface area contributed by atoms with Gasteiger partial charge in [-0.25, -0.2) is 0 Å². The quantitative estimate of drug-likeness (QED) is 0.500. The Morgan fingerprint density at radius 1 is 1.14 bits per heavy atom. The highest BCUT2D eigenvalue weighted by molar-refractivity contribution is 9.10. The van der Waals surface area contributed by atoms with Gasteiger partial charge in [0.05, 0.1) is 6.61 Å². The Bertz CT molecular complexity index is 783. The molecule has 0 aliphatic heterocycles. The Morgan fingerprint density at radius 2 is 1.90 bits per heavy atom. The van der Waals surface area contributed by atoms with Gasteiger partial charge in [-0.15, -0.1) is 0 Å². The molecular weight excluding hydrogens is 432 g/mol. The van der Waals surface area contributed by atoms with Gasteiger partial charge in [-0.3, -0.25) is 9.59 Å². The van der Waals surface area contributed by atoms with Crippen LogP contribution < -0.4 is 10.1 Å². The molecular formula is C23H29BrN2O3. The number of nitrogens with one attached hydrogen (secondary N) is 1. The molecule has 156 valence electrons. The zero-order chi connectivity index (χ0) is 21.1. The first-order valence-electron chi connectivity index (χ1n) is 10.0. The van der Waals surface area contributed by atoms with Crippen molar-refractivity contribution >= 4 is 27.7 Å². The van der Waals surface area contributed by atoms with Gasteiger partial charge in [-0.1, -0.05) is 53.2 Å². The summed E-state index contributed by atoms with van der Waals surface area (Å²) in [5.74, 6) is 0.606. The summed E-state index contributed by atoms with van der Waals surface area (Å²) >= 11 is 3.46. The number of ether oxygens (including phenoxy) is 1. The lowest BCUT2D eigenvalue weighted by atomic mass is 10.1. The van der Waals surface area contributed by atoms with E-state index in [0.717, 1.165) is 22.2 Å². The smallest absolute Gasteiger partial charge is 0.242 e. The molecule has 0 heterocycles. The van der Waals surface area contributed by atoms with Crippen LogP contribution in [0.4, 0.5) is 0 Å². The van der Waals surface area contributed by atoms with E-state index in [9.17, 15) is 9.59 Å². The van der Waals surface area contributed by atoms with Crippen LogP contribution in [0.5, 0.6) is 5.75 Å². The molecule has 0 fully saturated rings. The summed E-state index contributed by atoms with van der Waals surface area (Å²) in [6.45, 7) is 5.23. The molecule has 2 aromatic rings. The molecule has 0 unspecified atom stereocenters. The molecule has 0 spiro atoms. The predicted octanol–water partition coefficient (Wildman–Crippen LogP) is 4.55. The van der Waals surface area contributed by atoms with Gasteiger partial charge in [-0.05, 0) is 49.6 Å². The van der Waals surface area contributed by atoms with Gasteiger partial charge in [0.15, 0.2) is 0 Å². The van der Waals surface area contributed by atoms with Crippen molar-refractivity contribution in [1.82, 2.24) is 10.2 Å². The average molecular weight is 461 g/mol. The first-order chi connectivity index (χ1) is 14.0. The summed E-state index contributed by atoms with van der Waals surface area (Å²) in [6.07, 6.45) is 1.77. The molecule has 2 rings (SSSR count). The van der Waals surface area contributed by atoms with Gasteiger partial charge >= 0.3 is 0 Å². The second kappa shape index (κ2) is 12.3. The van der Waals surface area contributed by atoms with Crippen molar-refractivity contribution in [2.24, 2.45) is 0 Å². The second-order valence-corrected chi connectivity index (χ2v) is 7.80. The maximum atomic E-state index is 12.9. The van der Waals surface area contributed by atoms with Crippen molar-refractivity contribution < 1.29 is 14.3 Å². The highest BCUT2D eigenvalue weighted by atomic mass is 79.9. The van der Waals surface area contributed by atoms with Gasteiger partial charge in [0.1, 0.15) is 11.8 Å². The van der Waals surface area contributed by atoms with Crippen molar-refractivity contribution in [3.8, 4) is 5.75 Å². The largest absolute Gasteiger partial charge is 0.494 e. The lowest BCUT2D eigenvalue weighted by Gasteiger charge is -2.29. The topological polar surface area (TPSA) is 58.6 Å². The molecule has 1 atom stereocenters. The molecule has 1 N–H and O–H groups in total. The van der Waals surface area contributed by atoms with Crippen LogP contribution in [0, 0.1) is 0 Å². The summed E-state index contributed by atoms with van der Waals surface area (Å²) in [4.78, 5) is 27.1. The zero-order valence-corrected chi connectivity index (χ0v) is 18.7. The van der Waals surface area contributed by atoms with Crippen molar-refractivity contribution in [2.45, 2.75) is 45.7 Å². The minimum atomic E-state index is -0.539. The van der Waals surface area contributed by atoms with Crippen LogP contribution in [0.1, 0.15) is 38.7 Å². The van der Waals surface area contributed by atoms with Gasteiger partial charge in [0.2, 0.25) is 11.8 Å². The number of carbonyl (C=O) groups is 2. The summed E-state index contributed by atoms with van der Waals surface area (Å²) in [5, 5.41) is 2.89. The number of hydrogen-bond donors (Lipinski definition) is 1. The fraction of sp³-hybridized carbons (Fsp3) is 0.391. The van der Waals surface area contributed by atoms with E-state index in [4.69, 9.17) is 4.74 Å². The van der Waals surface area contributed by atoms with Gasteiger partial charge < -0.3 is 15.0 Å². The van der Waals surface area contributed by atoms with Crippen LogP contribution in [-0.2, 0) is 16.1 Å². The molecule has 2 amide bonds. The van der Waals surface area contributed by atoms with E-state index >= 15 is 0 Å². The van der Waals surface area contributed by atoms with Crippen molar-refractivity contribution in [3.05, 3.63) is 64.6 Å². The van der Waals surface area contributed by atoms with Crippen LogP contribution in [0.15, 0.2) is 59.1 Å². The Morgan fingerprint density at radius 3 is 2.59 bits per heavy atom. The number of hydrogen-bond acceptors (Lipinski definition) is 3. The summed E-state index contributed by atoms with van der Waals surface area (Å²) in [7, 11) is 0. The summed E-state index contributed by atoms with van der Waals surface area (Å²) < 4.78 is 6.62. The van der Waals surface area contributed by atoms with Gasteiger partial charge in [-0.2, -0.15) is 0 Å². The highest BCUT2D eigenvalue weighted by Gasteiger charge is 2.25. The number of nitrogens with zero attached hydrogens (tertiary/aromatic N) is 1. The fourth-order valence-electron chi connectivity index (χ4n) is 2.88. The van der Waals surface area contributed by atoms with E-state index in [2.05, 4.69) is 21.2 Å². The Balaban J connectivity index is 1.98. The fourth-order valence-corrected chi connectivity index (χ4v) is 3.33. The van der Waals surface area contributed by atoms with Gasteiger partial charge in [0, 0.05) is 24.0 Å². The van der Waals surface area contributed by atoms with E-state index in [1.165, 1.54) is 0 Å². The average Bonchev–Trinajstić information content (AvgIpc) is 2.73. The van der Waals surface area contributed by atoms with E-state index in [1.54, 1.807) is 11.8 Å². The first kappa shape index (κ1) is 22.9. The molecule has 0 aliphatic rings. The predicted molar refractivity (Wildman–Crippen MR) is 119 cm³/mol. The van der Waals surface area contributed by atoms with Crippen LogP contribution >= 0.6 is 15.9 Å². The van der Waals surface area contributed by atoms with Crippen LogP contribution in [0.2, 0.25) is 0 Å². The van der Waals surface area contributed by atoms with E-state index in [0.29, 0.717) is 32.5 Å². The highest BCUT2D eigenvalue weighted by Crippen LogP contribution is 2.17. The maximum Gasteiger partial charge on any atom is 0.242 e. The summed E-state index contributed by atoms with van der Waals surface area (Å²) in [5.41, 5.74) is 0.975. The Hall–Kier alpha value is -2.34. The third kappa shape index (κ3) is 7.89. The third-order valence-corrected chi connectivity index (χ3v) is 5.00. The molecule has 0 aromatic heterocycles. The standard InChI is InChI=1S/C23H29BrN2O3/c1-3-14-25-23(28)18(2)26(17-19-9-7-10-20(24)16-19)22(27)13-8-15-29-21-11-5-4-6-12-21/h4-7,9-12,16,18H,3,8,13-15,17H2,1-2H3,(H,25,28)/t18-/m0/s1. The third-order valence-electron chi connectivity index (χ3n) is 4.51. The van der Waals surface area contributed by atoms with Crippen molar-refractivity contribution in [2.75, 3.05) is 13.2 Å². The second-order valence-electron chi connectivity index (χ2n) is 6.88. The number of carbonyl (C=O) groups excluding carboxylic acids is 2. The van der Waals surface area contributed by atoms with Crippen molar-refractivity contribution in [1.29, 1.82) is 0 Å². The molecule has 29 heavy (non-hydrogen) atoms. The maximum absolute atomic E-state index is 12.9. The minimum Gasteiger partial charge on any atom is -0.494 e. The van der Waals surface area contributed by atoms with E-state index in [-0.39, 0.29) is 11.8 Å². The monoisotopic (exact) mass is 460 g/mol. The molecule has 2 aromatic carbocycles. The number of halogens is 1. The molecule has 5 nitrogen and oxygen atoms in total. The van der Waals surface area contributed by atoms with Crippen LogP contribution in [0.3, 0.4) is 0 Å². The lowest BCUT2D eigenvalue weighted by molar-refractivity contribution is -0.140.